The average Bonchev–Trinajstić information content (AvgIpc) is 2.70. The van der Waals surface area contributed by atoms with Crippen LogP contribution in [0.4, 0.5) is 0 Å². The fourth-order valence-corrected chi connectivity index (χ4v) is 4.19. The van der Waals surface area contributed by atoms with E-state index in [2.05, 4.69) is 0 Å². The molecule has 0 unspecified atom stereocenters. The Hall–Kier alpha value is -2.86. The smallest absolute Gasteiger partial charge is 0.308 e. The second-order valence-corrected chi connectivity index (χ2v) is 8.30. The Morgan fingerprint density at radius 3 is 2.43 bits per heavy atom. The lowest BCUT2D eigenvalue weighted by atomic mass is 9.82. The highest BCUT2D eigenvalue weighted by atomic mass is 35.5. The van der Waals surface area contributed by atoms with Crippen molar-refractivity contribution in [1.82, 2.24) is 4.90 Å². The number of esters is 1. The van der Waals surface area contributed by atoms with Crippen LogP contribution in [0.5, 0.6) is 11.5 Å². The molecule has 2 aliphatic rings. The molecule has 1 fully saturated rings. The van der Waals surface area contributed by atoms with Gasteiger partial charge < -0.3 is 14.4 Å². The first-order valence-electron chi connectivity index (χ1n) is 9.86. The van der Waals surface area contributed by atoms with Crippen molar-refractivity contribution in [2.75, 3.05) is 13.1 Å². The number of rotatable bonds is 2. The SMILES string of the molecule is CC(=O)Oc1ccc(C(=O)N2CCC3(CC2)CC(=O)c2cc(Cl)c(C)cc2O3)cc1. The third-order valence-corrected chi connectivity index (χ3v) is 6.10. The summed E-state index contributed by atoms with van der Waals surface area (Å²) in [4.78, 5) is 38.3. The van der Waals surface area contributed by atoms with Crippen LogP contribution < -0.4 is 9.47 Å². The molecule has 7 heteroatoms. The molecule has 2 aromatic rings. The topological polar surface area (TPSA) is 72.9 Å². The van der Waals surface area contributed by atoms with Crippen molar-refractivity contribution < 1.29 is 23.9 Å². The number of nitrogens with zero attached hydrogens (tertiary/aromatic N) is 1. The second-order valence-electron chi connectivity index (χ2n) is 7.89. The van der Waals surface area contributed by atoms with Gasteiger partial charge in [-0.3, -0.25) is 14.4 Å². The van der Waals surface area contributed by atoms with Crippen molar-refractivity contribution in [3.63, 3.8) is 0 Å². The fraction of sp³-hybridized carbons (Fsp3) is 0.348. The number of piperidine rings is 1. The highest BCUT2D eigenvalue weighted by molar-refractivity contribution is 6.31. The lowest BCUT2D eigenvalue weighted by Crippen LogP contribution is -2.52. The van der Waals surface area contributed by atoms with Gasteiger partial charge in [-0.2, -0.15) is 0 Å². The molecule has 156 valence electrons. The molecule has 1 amide bonds. The highest BCUT2D eigenvalue weighted by Gasteiger charge is 2.44. The molecule has 1 saturated heterocycles. The number of ketones is 1. The Morgan fingerprint density at radius 1 is 1.13 bits per heavy atom. The van der Waals surface area contributed by atoms with Gasteiger partial charge in [0.05, 0.1) is 12.0 Å². The van der Waals surface area contributed by atoms with Crippen molar-refractivity contribution in [1.29, 1.82) is 0 Å². The molecular weight excluding hydrogens is 406 g/mol. The first-order valence-corrected chi connectivity index (χ1v) is 10.2. The molecule has 2 heterocycles. The molecule has 0 N–H and O–H groups in total. The zero-order chi connectivity index (χ0) is 21.5. The van der Waals surface area contributed by atoms with Crippen LogP contribution in [0, 0.1) is 6.92 Å². The van der Waals surface area contributed by atoms with Crippen LogP contribution in [0.25, 0.3) is 0 Å². The average molecular weight is 428 g/mol. The van der Waals surface area contributed by atoms with Gasteiger partial charge in [0, 0.05) is 43.4 Å². The predicted molar refractivity (Wildman–Crippen MR) is 111 cm³/mol. The summed E-state index contributed by atoms with van der Waals surface area (Å²) in [6.45, 7) is 4.21. The van der Waals surface area contributed by atoms with Crippen molar-refractivity contribution in [3.8, 4) is 11.5 Å². The molecule has 6 nitrogen and oxygen atoms in total. The molecular formula is C23H22ClNO5. The number of ether oxygens (including phenoxy) is 2. The summed E-state index contributed by atoms with van der Waals surface area (Å²) in [5.41, 5.74) is 1.34. The monoisotopic (exact) mass is 427 g/mol. The summed E-state index contributed by atoms with van der Waals surface area (Å²) in [5, 5.41) is 0.557. The molecule has 0 atom stereocenters. The first-order chi connectivity index (χ1) is 14.3. The zero-order valence-corrected chi connectivity index (χ0v) is 17.6. The van der Waals surface area contributed by atoms with E-state index in [4.69, 9.17) is 21.1 Å². The Labute approximate surface area is 179 Å². The maximum absolute atomic E-state index is 12.8. The maximum atomic E-state index is 12.8. The Kier molecular flexibility index (Phi) is 5.28. The minimum atomic E-state index is -0.583. The summed E-state index contributed by atoms with van der Waals surface area (Å²) in [5.74, 6) is 0.508. The molecule has 0 saturated carbocycles. The molecule has 1 spiro atoms. The lowest BCUT2D eigenvalue weighted by molar-refractivity contribution is -0.131. The van der Waals surface area contributed by atoms with Crippen LogP contribution in [-0.4, -0.2) is 41.3 Å². The van der Waals surface area contributed by atoms with Crippen LogP contribution in [-0.2, 0) is 4.79 Å². The molecule has 0 radical (unpaired) electrons. The van der Waals surface area contributed by atoms with E-state index in [1.54, 1.807) is 35.2 Å². The number of hydrogen-bond acceptors (Lipinski definition) is 5. The van der Waals surface area contributed by atoms with Crippen LogP contribution in [0.2, 0.25) is 5.02 Å². The first kappa shape index (κ1) is 20.4. The molecule has 0 aromatic heterocycles. The molecule has 30 heavy (non-hydrogen) atoms. The van der Waals surface area contributed by atoms with Crippen molar-refractivity contribution in [2.45, 2.75) is 38.7 Å². The van der Waals surface area contributed by atoms with E-state index in [1.807, 2.05) is 13.0 Å². The van der Waals surface area contributed by atoms with Gasteiger partial charge in [0.1, 0.15) is 17.1 Å². The van der Waals surface area contributed by atoms with E-state index >= 15 is 0 Å². The number of aryl methyl sites for hydroxylation is 1. The van der Waals surface area contributed by atoms with Crippen LogP contribution >= 0.6 is 11.6 Å². The number of carbonyl (C=O) groups is 3. The molecule has 2 aliphatic heterocycles. The van der Waals surface area contributed by atoms with Crippen molar-refractivity contribution >= 4 is 29.3 Å². The van der Waals surface area contributed by atoms with Gasteiger partial charge in [-0.25, -0.2) is 0 Å². The van der Waals surface area contributed by atoms with E-state index in [1.165, 1.54) is 6.92 Å². The maximum Gasteiger partial charge on any atom is 0.308 e. The number of fused-ring (bicyclic) bond motifs is 1. The van der Waals surface area contributed by atoms with Crippen LogP contribution in [0.3, 0.4) is 0 Å². The second kappa shape index (κ2) is 7.76. The summed E-state index contributed by atoms with van der Waals surface area (Å²) < 4.78 is 11.3. The Bertz CT molecular complexity index is 1020. The van der Waals surface area contributed by atoms with Crippen LogP contribution in [0.1, 0.15) is 52.5 Å². The summed E-state index contributed by atoms with van der Waals surface area (Å²) in [7, 11) is 0. The van der Waals surface area contributed by atoms with Gasteiger partial charge in [-0.05, 0) is 48.9 Å². The number of hydrogen-bond donors (Lipinski definition) is 0. The number of halogens is 1. The molecule has 0 aliphatic carbocycles. The van der Waals surface area contributed by atoms with Gasteiger partial charge in [-0.1, -0.05) is 11.6 Å². The fourth-order valence-electron chi connectivity index (χ4n) is 4.02. The van der Waals surface area contributed by atoms with Gasteiger partial charge in [0.25, 0.3) is 5.91 Å². The lowest BCUT2D eigenvalue weighted by Gasteiger charge is -2.44. The van der Waals surface area contributed by atoms with Gasteiger partial charge in [-0.15, -0.1) is 0 Å². The summed E-state index contributed by atoms with van der Waals surface area (Å²) in [6, 6.07) is 10.0. The number of amides is 1. The predicted octanol–water partition coefficient (Wildman–Crippen LogP) is 4.21. The summed E-state index contributed by atoms with van der Waals surface area (Å²) >= 11 is 6.16. The van der Waals surface area contributed by atoms with E-state index in [0.717, 1.165) is 5.56 Å². The largest absolute Gasteiger partial charge is 0.486 e. The van der Waals surface area contributed by atoms with Gasteiger partial charge >= 0.3 is 5.97 Å². The normalized spacial score (nSPS) is 17.3. The van der Waals surface area contributed by atoms with E-state index in [0.29, 0.717) is 60.0 Å². The zero-order valence-electron chi connectivity index (χ0n) is 16.9. The number of benzene rings is 2. The third kappa shape index (κ3) is 3.92. The molecule has 4 rings (SSSR count). The number of carbonyl (C=O) groups excluding carboxylic acids is 3. The minimum absolute atomic E-state index is 0.0268. The van der Waals surface area contributed by atoms with Gasteiger partial charge in [0.2, 0.25) is 0 Å². The summed E-state index contributed by atoms with van der Waals surface area (Å²) in [6.07, 6.45) is 1.45. The number of likely N-dealkylation sites (tertiary alicyclic amines) is 1. The molecule has 2 aromatic carbocycles. The van der Waals surface area contributed by atoms with Gasteiger partial charge in [0.15, 0.2) is 5.78 Å². The number of Topliss-reactive ketones (excluding diaryl/α,β-unsaturated/α-hetero) is 1. The highest BCUT2D eigenvalue weighted by Crippen LogP contribution is 2.41. The molecule has 0 bridgehead atoms. The standard InChI is InChI=1S/C23H22ClNO5/c1-14-11-21-18(12-19(14)24)20(27)13-23(30-21)7-9-25(10-8-23)22(28)16-3-5-17(6-4-16)29-15(2)26/h3-6,11-12H,7-10,13H2,1-2H3. The third-order valence-electron chi connectivity index (χ3n) is 5.70. The van der Waals surface area contributed by atoms with E-state index in [9.17, 15) is 14.4 Å². The van der Waals surface area contributed by atoms with E-state index < -0.39 is 11.6 Å². The van der Waals surface area contributed by atoms with Crippen molar-refractivity contribution in [3.05, 3.63) is 58.1 Å². The minimum Gasteiger partial charge on any atom is -0.486 e. The Morgan fingerprint density at radius 2 is 1.80 bits per heavy atom. The van der Waals surface area contributed by atoms with Crippen molar-refractivity contribution in [2.24, 2.45) is 0 Å². The quantitative estimate of drug-likeness (QED) is 0.530. The van der Waals surface area contributed by atoms with Crippen LogP contribution in [0.15, 0.2) is 36.4 Å². The Balaban J connectivity index is 1.44. The van der Waals surface area contributed by atoms with E-state index in [-0.39, 0.29) is 11.7 Å².